The summed E-state index contributed by atoms with van der Waals surface area (Å²) in [5.74, 6) is -0.909. The largest absolute Gasteiger partial charge is 0.462 e. The molecular weight excluding hydrogens is 961 g/mol. The summed E-state index contributed by atoms with van der Waals surface area (Å²) in [5, 5.41) is 0. The van der Waals surface area contributed by atoms with E-state index in [0.717, 1.165) is 122 Å². The molecule has 0 aromatic heterocycles. The van der Waals surface area contributed by atoms with Crippen LogP contribution in [0.15, 0.2) is 109 Å². The zero-order valence-corrected chi connectivity index (χ0v) is 51.2. The number of carbonyl (C=O) groups excluding carboxylic acids is 3. The number of carbonyl (C=O) groups is 3. The van der Waals surface area contributed by atoms with Gasteiger partial charge >= 0.3 is 17.9 Å². The van der Waals surface area contributed by atoms with E-state index in [0.29, 0.717) is 19.3 Å². The molecule has 6 heteroatoms. The van der Waals surface area contributed by atoms with Crippen LogP contribution in [0.25, 0.3) is 0 Å². The fraction of sp³-hybridized carbons (Fsp3) is 0.708. The molecule has 0 aromatic carbocycles. The van der Waals surface area contributed by atoms with E-state index in [4.69, 9.17) is 14.2 Å². The van der Waals surface area contributed by atoms with Crippen molar-refractivity contribution in [2.75, 3.05) is 13.2 Å². The Kier molecular flexibility index (Phi) is 62.3. The number of esters is 3. The number of rotatable bonds is 59. The maximum absolute atomic E-state index is 12.9. The van der Waals surface area contributed by atoms with Crippen LogP contribution in [0, 0.1) is 0 Å². The molecule has 6 nitrogen and oxygen atoms in total. The molecule has 0 aromatic rings. The summed E-state index contributed by atoms with van der Waals surface area (Å²) >= 11 is 0. The Labute approximate surface area is 482 Å². The summed E-state index contributed by atoms with van der Waals surface area (Å²) in [6.07, 6.45) is 89.6. The van der Waals surface area contributed by atoms with Crippen molar-refractivity contribution in [2.45, 2.75) is 316 Å². The Hall–Kier alpha value is -3.93. The average molecular weight is 1080 g/mol. The topological polar surface area (TPSA) is 78.9 Å². The maximum Gasteiger partial charge on any atom is 0.306 e. The monoisotopic (exact) mass is 1080 g/mol. The van der Waals surface area contributed by atoms with Gasteiger partial charge in [0.2, 0.25) is 0 Å². The third-order valence-corrected chi connectivity index (χ3v) is 14.0. The first kappa shape index (κ1) is 74.1. The Morgan fingerprint density at radius 2 is 0.500 bits per heavy atom. The van der Waals surface area contributed by atoms with Gasteiger partial charge in [-0.3, -0.25) is 14.4 Å². The lowest BCUT2D eigenvalue weighted by Crippen LogP contribution is -2.30. The fourth-order valence-corrected chi connectivity index (χ4v) is 9.14. The molecule has 0 amide bonds. The summed E-state index contributed by atoms with van der Waals surface area (Å²) in [5.41, 5.74) is 0. The van der Waals surface area contributed by atoms with Gasteiger partial charge < -0.3 is 14.2 Å². The molecule has 0 bridgehead atoms. The first-order valence-electron chi connectivity index (χ1n) is 32.9. The van der Waals surface area contributed by atoms with Crippen molar-refractivity contribution in [1.29, 1.82) is 0 Å². The highest BCUT2D eigenvalue weighted by Crippen LogP contribution is 2.17. The lowest BCUT2D eigenvalue weighted by molar-refractivity contribution is -0.167. The second-order valence-corrected chi connectivity index (χ2v) is 21.7. The third-order valence-electron chi connectivity index (χ3n) is 14.0. The van der Waals surface area contributed by atoms with E-state index in [1.165, 1.54) is 148 Å². The molecule has 0 aliphatic heterocycles. The minimum atomic E-state index is -0.790. The van der Waals surface area contributed by atoms with E-state index in [1.54, 1.807) is 0 Å². The number of allylic oxidation sites excluding steroid dienone is 18. The van der Waals surface area contributed by atoms with Crippen molar-refractivity contribution in [3.63, 3.8) is 0 Å². The SMILES string of the molecule is CC/C=C\C/C=C\C/C=C\C/C=C\C/C=C\C/C=C\C/C=C\C/C=C\C/C=C\CCCCCC(=O)OCC(COC(=O)CCCCCCCCCCCCC)OC(=O)CCCCCCCCCCCCCCCCCCCC. The normalized spacial score (nSPS) is 12.8. The molecule has 0 fully saturated rings. The summed E-state index contributed by atoms with van der Waals surface area (Å²) in [6, 6.07) is 0. The van der Waals surface area contributed by atoms with E-state index in [9.17, 15) is 14.4 Å². The van der Waals surface area contributed by atoms with E-state index < -0.39 is 6.10 Å². The van der Waals surface area contributed by atoms with Crippen LogP contribution >= 0.6 is 0 Å². The number of ether oxygens (including phenoxy) is 3. The van der Waals surface area contributed by atoms with E-state index >= 15 is 0 Å². The zero-order valence-electron chi connectivity index (χ0n) is 51.2. The Balaban J connectivity index is 4.33. The van der Waals surface area contributed by atoms with Crippen molar-refractivity contribution < 1.29 is 28.6 Å². The van der Waals surface area contributed by atoms with Crippen LogP contribution in [0.4, 0.5) is 0 Å². The van der Waals surface area contributed by atoms with E-state index in [-0.39, 0.29) is 31.1 Å². The Bertz CT molecular complexity index is 1570. The minimum Gasteiger partial charge on any atom is -0.462 e. The molecule has 0 heterocycles. The molecule has 0 spiro atoms. The molecule has 0 rings (SSSR count). The quantitative estimate of drug-likeness (QED) is 0.0261. The van der Waals surface area contributed by atoms with Crippen molar-refractivity contribution in [3.8, 4) is 0 Å². The van der Waals surface area contributed by atoms with Crippen LogP contribution in [0.1, 0.15) is 310 Å². The van der Waals surface area contributed by atoms with Gasteiger partial charge in [0.1, 0.15) is 13.2 Å². The minimum absolute atomic E-state index is 0.0850. The van der Waals surface area contributed by atoms with Crippen LogP contribution in [0.3, 0.4) is 0 Å². The van der Waals surface area contributed by atoms with Gasteiger partial charge in [0.25, 0.3) is 0 Å². The first-order valence-corrected chi connectivity index (χ1v) is 32.9. The van der Waals surface area contributed by atoms with Gasteiger partial charge in [0.05, 0.1) is 0 Å². The second-order valence-electron chi connectivity index (χ2n) is 21.7. The van der Waals surface area contributed by atoms with Gasteiger partial charge in [-0.25, -0.2) is 0 Å². The standard InChI is InChI=1S/C72H122O6/c1-4-7-10-13-16-19-22-24-26-28-30-31-32-33-34-35-36-37-38-39-40-41-42-44-45-47-50-53-56-59-62-65-71(74)77-68-69(67-76-70(73)64-61-58-55-52-49-21-18-15-12-9-6-3)78-72(75)66-63-60-57-54-51-48-46-43-29-27-25-23-20-17-14-11-8-5-2/h7,10,16,19,24,26,30-31,33-34,36-37,39-40,42,44,47,50,69H,4-6,8-9,11-15,17-18,20-23,25,27-29,32,35,38,41,43,45-46,48-49,51-68H2,1-3H3/b10-7-,19-16-,26-24-,31-30-,34-33-,37-36-,40-39-,44-42-,50-47-. The molecule has 0 N–H and O–H groups in total. The predicted molar refractivity (Wildman–Crippen MR) is 339 cm³/mol. The average Bonchev–Trinajstić information content (AvgIpc) is 3.44. The molecule has 78 heavy (non-hydrogen) atoms. The molecule has 446 valence electrons. The summed E-state index contributed by atoms with van der Waals surface area (Å²) < 4.78 is 16.9. The fourth-order valence-electron chi connectivity index (χ4n) is 9.14. The molecule has 1 unspecified atom stereocenters. The van der Waals surface area contributed by atoms with E-state index in [1.807, 2.05) is 0 Å². The molecule has 0 saturated heterocycles. The second kappa shape index (κ2) is 65.6. The maximum atomic E-state index is 12.9. The number of hydrogen-bond acceptors (Lipinski definition) is 6. The lowest BCUT2D eigenvalue weighted by atomic mass is 10.0. The summed E-state index contributed by atoms with van der Waals surface area (Å²) in [7, 11) is 0. The van der Waals surface area contributed by atoms with Gasteiger partial charge in [-0.1, -0.05) is 310 Å². The third kappa shape index (κ3) is 62.9. The highest BCUT2D eigenvalue weighted by Gasteiger charge is 2.19. The number of unbranched alkanes of at least 4 members (excludes halogenated alkanes) is 30. The van der Waals surface area contributed by atoms with Crippen LogP contribution < -0.4 is 0 Å². The predicted octanol–water partition coefficient (Wildman–Crippen LogP) is 22.6. The highest BCUT2D eigenvalue weighted by molar-refractivity contribution is 5.71. The smallest absolute Gasteiger partial charge is 0.306 e. The van der Waals surface area contributed by atoms with Gasteiger partial charge in [0, 0.05) is 19.3 Å². The van der Waals surface area contributed by atoms with Crippen LogP contribution in [-0.4, -0.2) is 37.2 Å². The van der Waals surface area contributed by atoms with Gasteiger partial charge in [-0.2, -0.15) is 0 Å². The van der Waals surface area contributed by atoms with Gasteiger partial charge in [0.15, 0.2) is 6.10 Å². The Morgan fingerprint density at radius 1 is 0.269 bits per heavy atom. The van der Waals surface area contributed by atoms with E-state index in [2.05, 4.69) is 130 Å². The molecular formula is C72H122O6. The summed E-state index contributed by atoms with van der Waals surface area (Å²) in [6.45, 7) is 6.52. The van der Waals surface area contributed by atoms with Crippen LogP contribution in [-0.2, 0) is 28.6 Å². The highest BCUT2D eigenvalue weighted by atomic mass is 16.6. The van der Waals surface area contributed by atoms with Crippen molar-refractivity contribution in [3.05, 3.63) is 109 Å². The molecule has 0 aliphatic carbocycles. The lowest BCUT2D eigenvalue weighted by Gasteiger charge is -2.18. The molecule has 0 aliphatic rings. The van der Waals surface area contributed by atoms with Gasteiger partial charge in [-0.15, -0.1) is 0 Å². The molecule has 0 saturated carbocycles. The number of hydrogen-bond donors (Lipinski definition) is 0. The van der Waals surface area contributed by atoms with Gasteiger partial charge in [-0.05, 0) is 89.9 Å². The van der Waals surface area contributed by atoms with Crippen molar-refractivity contribution in [2.24, 2.45) is 0 Å². The van der Waals surface area contributed by atoms with Crippen molar-refractivity contribution in [1.82, 2.24) is 0 Å². The first-order chi connectivity index (χ1) is 38.5. The van der Waals surface area contributed by atoms with Crippen LogP contribution in [0.5, 0.6) is 0 Å². The van der Waals surface area contributed by atoms with Crippen molar-refractivity contribution >= 4 is 17.9 Å². The summed E-state index contributed by atoms with van der Waals surface area (Å²) in [4.78, 5) is 38.3. The Morgan fingerprint density at radius 3 is 0.782 bits per heavy atom. The van der Waals surface area contributed by atoms with Crippen LogP contribution in [0.2, 0.25) is 0 Å². The molecule has 1 atom stereocenters. The zero-order chi connectivity index (χ0) is 56.4. The molecule has 0 radical (unpaired) electrons.